The molecule has 1 aromatic rings. The van der Waals surface area contributed by atoms with Crippen LogP contribution in [0.5, 0.6) is 0 Å². The standard InChI is InChI=1S/C11H16N4O2/c1-14-2-4-15(5-3-14)11-12-7-9(8-13-11)6-10(16)17/h7-8H,2-6H2,1H3,(H,16,17). The third kappa shape index (κ3) is 3.13. The summed E-state index contributed by atoms with van der Waals surface area (Å²) in [5, 5.41) is 8.64. The van der Waals surface area contributed by atoms with Crippen LogP contribution in [0.1, 0.15) is 5.56 Å². The third-order valence-electron chi connectivity index (χ3n) is 2.83. The summed E-state index contributed by atoms with van der Waals surface area (Å²) in [5.74, 6) is -0.173. The molecule has 0 amide bonds. The largest absolute Gasteiger partial charge is 0.481 e. The zero-order valence-corrected chi connectivity index (χ0v) is 9.83. The topological polar surface area (TPSA) is 69.6 Å². The molecule has 0 saturated carbocycles. The first-order valence-electron chi connectivity index (χ1n) is 5.61. The van der Waals surface area contributed by atoms with Crippen molar-refractivity contribution in [3.63, 3.8) is 0 Å². The zero-order valence-electron chi connectivity index (χ0n) is 9.83. The summed E-state index contributed by atoms with van der Waals surface area (Å²) >= 11 is 0. The van der Waals surface area contributed by atoms with E-state index in [0.717, 1.165) is 26.2 Å². The molecule has 1 aliphatic heterocycles. The molecule has 0 aromatic carbocycles. The van der Waals surface area contributed by atoms with Crippen molar-refractivity contribution in [2.45, 2.75) is 6.42 Å². The van der Waals surface area contributed by atoms with E-state index in [1.165, 1.54) is 0 Å². The van der Waals surface area contributed by atoms with Crippen LogP contribution in [0.25, 0.3) is 0 Å². The monoisotopic (exact) mass is 236 g/mol. The lowest BCUT2D eigenvalue weighted by Crippen LogP contribution is -2.45. The van der Waals surface area contributed by atoms with Crippen molar-refractivity contribution < 1.29 is 9.90 Å². The maximum atomic E-state index is 10.5. The fourth-order valence-corrected chi connectivity index (χ4v) is 1.78. The van der Waals surface area contributed by atoms with Crippen molar-refractivity contribution in [3.05, 3.63) is 18.0 Å². The number of carboxylic acid groups (broad SMARTS) is 1. The Hall–Kier alpha value is -1.69. The number of aliphatic carboxylic acids is 1. The van der Waals surface area contributed by atoms with Crippen molar-refractivity contribution >= 4 is 11.9 Å². The van der Waals surface area contributed by atoms with Gasteiger partial charge < -0.3 is 14.9 Å². The van der Waals surface area contributed by atoms with Crippen LogP contribution in [-0.4, -0.2) is 59.2 Å². The van der Waals surface area contributed by atoms with Gasteiger partial charge in [0.15, 0.2) is 0 Å². The Balaban J connectivity index is 2.00. The first-order valence-corrected chi connectivity index (χ1v) is 5.61. The average Bonchev–Trinajstić information content (AvgIpc) is 2.30. The molecule has 1 fully saturated rings. The summed E-state index contributed by atoms with van der Waals surface area (Å²) in [6.45, 7) is 3.82. The van der Waals surface area contributed by atoms with Gasteiger partial charge in [-0.2, -0.15) is 0 Å². The maximum Gasteiger partial charge on any atom is 0.307 e. The Bertz CT molecular complexity index is 385. The van der Waals surface area contributed by atoms with Gasteiger partial charge in [0.05, 0.1) is 6.42 Å². The van der Waals surface area contributed by atoms with E-state index in [9.17, 15) is 4.79 Å². The SMILES string of the molecule is CN1CCN(c2ncc(CC(=O)O)cn2)CC1. The van der Waals surface area contributed by atoms with Crippen LogP contribution < -0.4 is 4.90 Å². The number of aromatic nitrogens is 2. The molecule has 6 heteroatoms. The van der Waals surface area contributed by atoms with Gasteiger partial charge >= 0.3 is 5.97 Å². The molecule has 92 valence electrons. The summed E-state index contributed by atoms with van der Waals surface area (Å²) in [6, 6.07) is 0. The normalized spacial score (nSPS) is 17.1. The number of hydrogen-bond acceptors (Lipinski definition) is 5. The van der Waals surface area contributed by atoms with E-state index in [1.807, 2.05) is 0 Å². The Labute approximate surface area is 99.9 Å². The number of anilines is 1. The number of carboxylic acids is 1. The fraction of sp³-hybridized carbons (Fsp3) is 0.545. The first kappa shape index (κ1) is 11.8. The molecular weight excluding hydrogens is 220 g/mol. The van der Waals surface area contributed by atoms with E-state index in [-0.39, 0.29) is 6.42 Å². The minimum Gasteiger partial charge on any atom is -0.481 e. The molecule has 6 nitrogen and oxygen atoms in total. The number of piperazine rings is 1. The molecule has 0 radical (unpaired) electrons. The highest BCUT2D eigenvalue weighted by atomic mass is 16.4. The van der Waals surface area contributed by atoms with Gasteiger partial charge in [-0.05, 0) is 7.05 Å². The molecular formula is C11H16N4O2. The predicted molar refractivity (Wildman–Crippen MR) is 63.1 cm³/mol. The molecule has 1 N–H and O–H groups in total. The highest BCUT2D eigenvalue weighted by Gasteiger charge is 2.16. The Morgan fingerprint density at radius 3 is 2.41 bits per heavy atom. The Morgan fingerprint density at radius 2 is 1.88 bits per heavy atom. The van der Waals surface area contributed by atoms with E-state index in [1.54, 1.807) is 12.4 Å². The zero-order chi connectivity index (χ0) is 12.3. The quantitative estimate of drug-likeness (QED) is 0.787. The second kappa shape index (κ2) is 5.09. The van der Waals surface area contributed by atoms with E-state index in [2.05, 4.69) is 26.8 Å². The summed E-state index contributed by atoms with van der Waals surface area (Å²) in [7, 11) is 2.09. The molecule has 1 aliphatic rings. The Kier molecular flexibility index (Phi) is 3.53. The van der Waals surface area contributed by atoms with Crippen LogP contribution in [0, 0.1) is 0 Å². The molecule has 1 aromatic heterocycles. The predicted octanol–water partition coefficient (Wildman–Crippen LogP) is -0.145. The summed E-state index contributed by atoms with van der Waals surface area (Å²) in [6.07, 6.45) is 3.16. The second-order valence-electron chi connectivity index (χ2n) is 4.25. The molecule has 2 rings (SSSR count). The van der Waals surface area contributed by atoms with Crippen LogP contribution in [0.15, 0.2) is 12.4 Å². The van der Waals surface area contributed by atoms with Gasteiger partial charge in [0.2, 0.25) is 5.95 Å². The van der Waals surface area contributed by atoms with Crippen LogP contribution in [-0.2, 0) is 11.2 Å². The number of nitrogens with zero attached hydrogens (tertiary/aromatic N) is 4. The lowest BCUT2D eigenvalue weighted by atomic mass is 10.2. The minimum absolute atomic E-state index is 0.0248. The van der Waals surface area contributed by atoms with Crippen molar-refractivity contribution in [1.82, 2.24) is 14.9 Å². The van der Waals surface area contributed by atoms with E-state index >= 15 is 0 Å². The van der Waals surface area contributed by atoms with Crippen molar-refractivity contribution in [3.8, 4) is 0 Å². The van der Waals surface area contributed by atoms with Crippen LogP contribution >= 0.6 is 0 Å². The van der Waals surface area contributed by atoms with Gasteiger partial charge in [0.25, 0.3) is 0 Å². The summed E-state index contributed by atoms with van der Waals surface area (Å²) in [4.78, 5) is 23.3. The summed E-state index contributed by atoms with van der Waals surface area (Å²) in [5.41, 5.74) is 0.635. The molecule has 0 aliphatic carbocycles. The average molecular weight is 236 g/mol. The number of likely N-dealkylation sites (N-methyl/N-ethyl adjacent to an activating group) is 1. The van der Waals surface area contributed by atoms with Crippen molar-refractivity contribution in [2.75, 3.05) is 38.1 Å². The third-order valence-corrected chi connectivity index (χ3v) is 2.83. The van der Waals surface area contributed by atoms with E-state index in [0.29, 0.717) is 11.5 Å². The molecule has 0 atom stereocenters. The lowest BCUT2D eigenvalue weighted by molar-refractivity contribution is -0.136. The van der Waals surface area contributed by atoms with Gasteiger partial charge in [-0.1, -0.05) is 0 Å². The Morgan fingerprint density at radius 1 is 1.29 bits per heavy atom. The lowest BCUT2D eigenvalue weighted by Gasteiger charge is -2.32. The fourth-order valence-electron chi connectivity index (χ4n) is 1.78. The van der Waals surface area contributed by atoms with Gasteiger partial charge in [0.1, 0.15) is 0 Å². The highest BCUT2D eigenvalue weighted by molar-refractivity contribution is 5.69. The first-order chi connectivity index (χ1) is 8.15. The van der Waals surface area contributed by atoms with E-state index < -0.39 is 5.97 Å². The minimum atomic E-state index is -0.860. The van der Waals surface area contributed by atoms with E-state index in [4.69, 9.17) is 5.11 Å². The van der Waals surface area contributed by atoms with Crippen LogP contribution in [0.2, 0.25) is 0 Å². The van der Waals surface area contributed by atoms with Gasteiger partial charge in [-0.3, -0.25) is 4.79 Å². The number of carbonyl (C=O) groups is 1. The smallest absolute Gasteiger partial charge is 0.307 e. The highest BCUT2D eigenvalue weighted by Crippen LogP contribution is 2.10. The maximum absolute atomic E-state index is 10.5. The number of rotatable bonds is 3. The molecule has 0 unspecified atom stereocenters. The van der Waals surface area contributed by atoms with Gasteiger partial charge in [-0.15, -0.1) is 0 Å². The molecule has 0 spiro atoms. The second-order valence-corrected chi connectivity index (χ2v) is 4.25. The molecule has 0 bridgehead atoms. The van der Waals surface area contributed by atoms with Crippen molar-refractivity contribution in [2.24, 2.45) is 0 Å². The number of hydrogen-bond donors (Lipinski definition) is 1. The molecule has 2 heterocycles. The van der Waals surface area contributed by atoms with Crippen LogP contribution in [0.3, 0.4) is 0 Å². The molecule has 1 saturated heterocycles. The summed E-state index contributed by atoms with van der Waals surface area (Å²) < 4.78 is 0. The van der Waals surface area contributed by atoms with Gasteiger partial charge in [-0.25, -0.2) is 9.97 Å². The molecule has 17 heavy (non-hydrogen) atoms. The van der Waals surface area contributed by atoms with Crippen LogP contribution in [0.4, 0.5) is 5.95 Å². The van der Waals surface area contributed by atoms with Gasteiger partial charge in [0, 0.05) is 44.1 Å². The van der Waals surface area contributed by atoms with Crippen molar-refractivity contribution in [1.29, 1.82) is 0 Å².